The predicted molar refractivity (Wildman–Crippen MR) is 73.1 cm³/mol. The normalized spacial score (nSPS) is 12.4. The Morgan fingerprint density at radius 1 is 0.882 bits per heavy atom. The molecule has 1 unspecified atom stereocenters. The first kappa shape index (κ1) is 16.5. The highest BCUT2D eigenvalue weighted by atomic mass is 16.5. The van der Waals surface area contributed by atoms with Crippen molar-refractivity contribution in [3.63, 3.8) is 0 Å². The average molecular weight is 242 g/mol. The summed E-state index contributed by atoms with van der Waals surface area (Å²) in [6.45, 7) is 6.28. The summed E-state index contributed by atoms with van der Waals surface area (Å²) in [5, 5.41) is 0. The van der Waals surface area contributed by atoms with Gasteiger partial charge in [-0.25, -0.2) is 0 Å². The van der Waals surface area contributed by atoms with Crippen molar-refractivity contribution in [2.75, 3.05) is 0 Å². The van der Waals surface area contributed by atoms with Gasteiger partial charge < -0.3 is 4.74 Å². The van der Waals surface area contributed by atoms with E-state index in [4.69, 9.17) is 4.74 Å². The molecular formula is C15H30O2. The van der Waals surface area contributed by atoms with Gasteiger partial charge in [0.25, 0.3) is 0 Å². The molecule has 17 heavy (non-hydrogen) atoms. The molecule has 0 bridgehead atoms. The van der Waals surface area contributed by atoms with Gasteiger partial charge in [-0.05, 0) is 25.7 Å². The second-order valence-electron chi connectivity index (χ2n) is 4.81. The van der Waals surface area contributed by atoms with Crippen molar-refractivity contribution >= 4 is 5.97 Å². The van der Waals surface area contributed by atoms with E-state index in [2.05, 4.69) is 13.8 Å². The Kier molecular flexibility index (Phi) is 11.6. The number of rotatable bonds is 11. The Morgan fingerprint density at radius 2 is 1.41 bits per heavy atom. The summed E-state index contributed by atoms with van der Waals surface area (Å²) < 4.78 is 5.49. The lowest BCUT2D eigenvalue weighted by Gasteiger charge is -2.17. The highest BCUT2D eigenvalue weighted by Gasteiger charge is 2.12. The van der Waals surface area contributed by atoms with Crippen LogP contribution in [0.15, 0.2) is 0 Å². The van der Waals surface area contributed by atoms with Crippen LogP contribution in [-0.2, 0) is 9.53 Å². The third-order valence-electron chi connectivity index (χ3n) is 3.10. The molecule has 0 saturated heterocycles. The molecule has 0 heterocycles. The van der Waals surface area contributed by atoms with Gasteiger partial charge in [-0.2, -0.15) is 0 Å². The van der Waals surface area contributed by atoms with Gasteiger partial charge in [0.05, 0.1) is 0 Å². The second-order valence-corrected chi connectivity index (χ2v) is 4.81. The number of hydrogen-bond donors (Lipinski definition) is 0. The molecule has 0 radical (unpaired) electrons. The summed E-state index contributed by atoms with van der Waals surface area (Å²) in [7, 11) is 0. The van der Waals surface area contributed by atoms with Crippen LogP contribution in [-0.4, -0.2) is 12.1 Å². The van der Waals surface area contributed by atoms with Crippen LogP contribution in [0.1, 0.15) is 85.0 Å². The highest BCUT2D eigenvalue weighted by molar-refractivity contribution is 5.69. The van der Waals surface area contributed by atoms with Crippen molar-refractivity contribution in [2.24, 2.45) is 0 Å². The van der Waals surface area contributed by atoms with Gasteiger partial charge in [-0.1, -0.05) is 52.9 Å². The van der Waals surface area contributed by atoms with Gasteiger partial charge in [0.15, 0.2) is 0 Å². The molecule has 0 rings (SSSR count). The summed E-state index contributed by atoms with van der Waals surface area (Å²) in [6, 6.07) is 0. The monoisotopic (exact) mass is 242 g/mol. The van der Waals surface area contributed by atoms with Crippen LogP contribution in [0.4, 0.5) is 0 Å². The topological polar surface area (TPSA) is 26.3 Å². The van der Waals surface area contributed by atoms with Crippen molar-refractivity contribution in [1.82, 2.24) is 0 Å². The van der Waals surface area contributed by atoms with Crippen LogP contribution in [0.25, 0.3) is 0 Å². The van der Waals surface area contributed by atoms with Gasteiger partial charge in [0.2, 0.25) is 0 Å². The van der Waals surface area contributed by atoms with Crippen LogP contribution in [0.3, 0.4) is 0 Å². The van der Waals surface area contributed by atoms with Gasteiger partial charge >= 0.3 is 5.97 Å². The fraction of sp³-hybridized carbons (Fsp3) is 0.933. The molecule has 0 aromatic rings. The maximum absolute atomic E-state index is 11.3. The molecule has 0 saturated carbocycles. The second kappa shape index (κ2) is 11.9. The maximum Gasteiger partial charge on any atom is 0.305 e. The van der Waals surface area contributed by atoms with E-state index in [-0.39, 0.29) is 12.1 Å². The van der Waals surface area contributed by atoms with Gasteiger partial charge in [-0.3, -0.25) is 4.79 Å². The van der Waals surface area contributed by atoms with Crippen molar-refractivity contribution in [3.05, 3.63) is 0 Å². The zero-order valence-corrected chi connectivity index (χ0v) is 12.0. The number of carbonyl (C=O) groups excluding carboxylic acids is 1. The number of ether oxygens (including phenoxy) is 1. The van der Waals surface area contributed by atoms with Crippen LogP contribution in [0.5, 0.6) is 0 Å². The molecule has 0 fully saturated rings. The van der Waals surface area contributed by atoms with E-state index in [0.717, 1.165) is 12.8 Å². The third-order valence-corrected chi connectivity index (χ3v) is 3.10. The molecule has 0 aromatic heterocycles. The average Bonchev–Trinajstić information content (AvgIpc) is 2.34. The van der Waals surface area contributed by atoms with Gasteiger partial charge in [-0.15, -0.1) is 0 Å². The van der Waals surface area contributed by atoms with Crippen molar-refractivity contribution in [2.45, 2.75) is 91.1 Å². The van der Waals surface area contributed by atoms with E-state index in [1.54, 1.807) is 0 Å². The molecule has 0 N–H and O–H groups in total. The summed E-state index contributed by atoms with van der Waals surface area (Å²) in [4.78, 5) is 11.3. The molecule has 102 valence electrons. The van der Waals surface area contributed by atoms with Crippen LogP contribution >= 0.6 is 0 Å². The summed E-state index contributed by atoms with van der Waals surface area (Å²) >= 11 is 0. The zero-order valence-electron chi connectivity index (χ0n) is 12.0. The molecule has 2 heteroatoms. The van der Waals surface area contributed by atoms with E-state index in [1.165, 1.54) is 44.9 Å². The van der Waals surface area contributed by atoms with Crippen molar-refractivity contribution in [1.29, 1.82) is 0 Å². The fourth-order valence-corrected chi connectivity index (χ4v) is 1.95. The van der Waals surface area contributed by atoms with Crippen LogP contribution < -0.4 is 0 Å². The third kappa shape index (κ3) is 10.3. The lowest BCUT2D eigenvalue weighted by molar-refractivity contribution is -0.149. The quantitative estimate of drug-likeness (QED) is 0.382. The number of esters is 1. The van der Waals surface area contributed by atoms with Gasteiger partial charge in [0, 0.05) is 6.42 Å². The minimum Gasteiger partial charge on any atom is -0.462 e. The van der Waals surface area contributed by atoms with Crippen LogP contribution in [0.2, 0.25) is 0 Å². The number of unbranched alkanes of at least 4 members (excludes halogenated alkanes) is 5. The first-order valence-corrected chi connectivity index (χ1v) is 7.44. The predicted octanol–water partition coefficient (Wildman–Crippen LogP) is 4.86. The number of carbonyl (C=O) groups is 1. The Labute approximate surface area is 107 Å². The smallest absolute Gasteiger partial charge is 0.305 e. The maximum atomic E-state index is 11.3. The lowest BCUT2D eigenvalue weighted by atomic mass is 10.0. The summed E-state index contributed by atoms with van der Waals surface area (Å²) in [5.41, 5.74) is 0. The molecule has 0 aliphatic rings. The van der Waals surface area contributed by atoms with E-state index in [0.29, 0.717) is 6.42 Å². The SMILES string of the molecule is CCCCCCC(CCCCC)OC(=O)CC. The standard InChI is InChI=1S/C15H30O2/c1-4-7-9-11-13-14(12-10-8-5-2)17-15(16)6-3/h14H,4-13H2,1-3H3. The summed E-state index contributed by atoms with van der Waals surface area (Å²) in [5.74, 6) is -0.0398. The van der Waals surface area contributed by atoms with Crippen LogP contribution in [0, 0.1) is 0 Å². The Morgan fingerprint density at radius 3 is 1.94 bits per heavy atom. The first-order valence-electron chi connectivity index (χ1n) is 7.44. The van der Waals surface area contributed by atoms with Crippen molar-refractivity contribution in [3.8, 4) is 0 Å². The lowest BCUT2D eigenvalue weighted by Crippen LogP contribution is -2.17. The van der Waals surface area contributed by atoms with E-state index >= 15 is 0 Å². The first-order chi connectivity index (χ1) is 8.24. The summed E-state index contributed by atoms with van der Waals surface area (Å²) in [6.07, 6.45) is 11.4. The molecule has 0 amide bonds. The van der Waals surface area contributed by atoms with Gasteiger partial charge in [0.1, 0.15) is 6.10 Å². The Bertz CT molecular complexity index is 178. The molecular weight excluding hydrogens is 212 g/mol. The molecule has 0 aliphatic heterocycles. The largest absolute Gasteiger partial charge is 0.462 e. The zero-order chi connectivity index (χ0) is 12.9. The molecule has 2 nitrogen and oxygen atoms in total. The van der Waals surface area contributed by atoms with Crippen molar-refractivity contribution < 1.29 is 9.53 Å². The molecule has 0 aromatic carbocycles. The molecule has 0 aliphatic carbocycles. The minimum atomic E-state index is -0.0398. The fourth-order valence-electron chi connectivity index (χ4n) is 1.95. The Balaban J connectivity index is 3.79. The molecule has 1 atom stereocenters. The van der Waals surface area contributed by atoms with E-state index < -0.39 is 0 Å². The van der Waals surface area contributed by atoms with E-state index in [1.807, 2.05) is 6.92 Å². The number of hydrogen-bond acceptors (Lipinski definition) is 2. The minimum absolute atomic E-state index is 0.0398. The van der Waals surface area contributed by atoms with E-state index in [9.17, 15) is 4.79 Å². The molecule has 0 spiro atoms. The Hall–Kier alpha value is -0.530. The highest BCUT2D eigenvalue weighted by Crippen LogP contribution is 2.15.